The van der Waals surface area contributed by atoms with Crippen molar-refractivity contribution in [3.63, 3.8) is 0 Å². The van der Waals surface area contributed by atoms with Crippen LogP contribution in [0.4, 0.5) is 0 Å². The molecule has 0 aromatic carbocycles. The van der Waals surface area contributed by atoms with Crippen LogP contribution in [0.1, 0.15) is 114 Å². The number of carbonyl (C=O) groups is 3. The highest BCUT2D eigenvalue weighted by atomic mass is 16.6. The molecule has 0 spiro atoms. The average Bonchev–Trinajstić information content (AvgIpc) is 2.83. The lowest BCUT2D eigenvalue weighted by molar-refractivity contribution is -0.241. The summed E-state index contributed by atoms with van der Waals surface area (Å²) < 4.78 is 11.8. The molecular formula is C34H50O6. The summed E-state index contributed by atoms with van der Waals surface area (Å²) in [5, 5.41) is 10.6. The maximum atomic E-state index is 12.9. The van der Waals surface area contributed by atoms with Crippen molar-refractivity contribution in [1.82, 2.24) is 0 Å². The van der Waals surface area contributed by atoms with Crippen molar-refractivity contribution in [1.29, 1.82) is 0 Å². The molecule has 1 N–H and O–H groups in total. The monoisotopic (exact) mass is 554 g/mol. The molecule has 6 nitrogen and oxygen atoms in total. The Balaban J connectivity index is 1.63. The Hall–Kier alpha value is -2.11. The van der Waals surface area contributed by atoms with Gasteiger partial charge in [-0.2, -0.15) is 0 Å². The van der Waals surface area contributed by atoms with E-state index in [2.05, 4.69) is 54.5 Å². The highest BCUT2D eigenvalue weighted by molar-refractivity contribution is 5.82. The lowest BCUT2D eigenvalue weighted by atomic mass is 9.34. The second kappa shape index (κ2) is 9.19. The number of carboxylic acid groups (broad SMARTS) is 1. The molecule has 0 bridgehead atoms. The lowest BCUT2D eigenvalue weighted by Crippen LogP contribution is -2.67. The van der Waals surface area contributed by atoms with E-state index in [0.29, 0.717) is 30.6 Å². The van der Waals surface area contributed by atoms with Gasteiger partial charge in [-0.3, -0.25) is 14.4 Å². The molecule has 3 saturated carbocycles. The van der Waals surface area contributed by atoms with E-state index in [4.69, 9.17) is 9.47 Å². The summed E-state index contributed by atoms with van der Waals surface area (Å²) in [6.45, 7) is 18.9. The second-order valence-corrected chi connectivity index (χ2v) is 15.3. The van der Waals surface area contributed by atoms with E-state index in [1.165, 1.54) is 25.0 Å². The first-order valence-electron chi connectivity index (χ1n) is 15.5. The van der Waals surface area contributed by atoms with E-state index in [-0.39, 0.29) is 33.6 Å². The first-order chi connectivity index (χ1) is 18.5. The molecule has 5 rings (SSSR count). The molecule has 40 heavy (non-hydrogen) atoms. The highest BCUT2D eigenvalue weighted by Crippen LogP contribution is 2.75. The van der Waals surface area contributed by atoms with E-state index in [0.717, 1.165) is 44.1 Å². The summed E-state index contributed by atoms with van der Waals surface area (Å²) in [4.78, 5) is 37.3. The summed E-state index contributed by atoms with van der Waals surface area (Å²) >= 11 is 0. The van der Waals surface area contributed by atoms with E-state index in [1.807, 2.05) is 0 Å². The normalized spacial score (nSPS) is 45.6. The van der Waals surface area contributed by atoms with Gasteiger partial charge in [0.2, 0.25) is 0 Å². The van der Waals surface area contributed by atoms with Crippen molar-refractivity contribution in [2.75, 3.05) is 0 Å². The number of esters is 2. The minimum atomic E-state index is -0.767. The zero-order valence-corrected chi connectivity index (χ0v) is 26.1. The summed E-state index contributed by atoms with van der Waals surface area (Å²) in [6, 6.07) is 0. The van der Waals surface area contributed by atoms with Gasteiger partial charge < -0.3 is 14.6 Å². The van der Waals surface area contributed by atoms with Crippen LogP contribution in [0.25, 0.3) is 0 Å². The Bertz CT molecular complexity index is 1190. The van der Waals surface area contributed by atoms with Crippen LogP contribution in [-0.4, -0.2) is 35.2 Å². The molecule has 0 heterocycles. The molecule has 9 unspecified atom stereocenters. The predicted molar refractivity (Wildman–Crippen MR) is 153 cm³/mol. The van der Waals surface area contributed by atoms with Crippen LogP contribution in [0.5, 0.6) is 0 Å². The van der Waals surface area contributed by atoms with Crippen LogP contribution in [0.15, 0.2) is 22.8 Å². The van der Waals surface area contributed by atoms with Crippen LogP contribution in [0.3, 0.4) is 0 Å². The van der Waals surface area contributed by atoms with Crippen molar-refractivity contribution >= 4 is 17.9 Å². The first kappa shape index (κ1) is 29.4. The van der Waals surface area contributed by atoms with Gasteiger partial charge in [-0.05, 0) is 103 Å². The third kappa shape index (κ3) is 3.75. The average molecular weight is 555 g/mol. The standard InChI is InChI=1S/C34H50O6/c1-19-12-15-34(29(37)38)17-16-32(8)23(27(34)20(19)2)10-11-26-31(7)18-24(39-21(3)35)28(40-22(4)36)30(5,6)25(31)13-14-33(26,32)9/h10,19,24-26,28H,11-18H2,1-9H3,(H,37,38). The third-order valence-corrected chi connectivity index (χ3v) is 13.3. The fourth-order valence-corrected chi connectivity index (χ4v) is 11.1. The third-order valence-electron chi connectivity index (χ3n) is 13.3. The van der Waals surface area contributed by atoms with Crippen molar-refractivity contribution in [3.05, 3.63) is 22.8 Å². The number of hydrogen-bond acceptors (Lipinski definition) is 5. The fraction of sp³-hybridized carbons (Fsp3) is 0.794. The minimum Gasteiger partial charge on any atom is -0.481 e. The van der Waals surface area contributed by atoms with E-state index in [9.17, 15) is 19.5 Å². The van der Waals surface area contributed by atoms with Gasteiger partial charge in [-0.1, -0.05) is 53.2 Å². The van der Waals surface area contributed by atoms with Crippen LogP contribution < -0.4 is 0 Å². The van der Waals surface area contributed by atoms with Crippen LogP contribution in [0, 0.1) is 44.8 Å². The molecule has 0 saturated heterocycles. The van der Waals surface area contributed by atoms with Gasteiger partial charge in [-0.15, -0.1) is 0 Å². The van der Waals surface area contributed by atoms with Gasteiger partial charge in [0, 0.05) is 19.3 Å². The molecule has 3 fully saturated rings. The van der Waals surface area contributed by atoms with Crippen LogP contribution in [0.2, 0.25) is 0 Å². The van der Waals surface area contributed by atoms with Gasteiger partial charge >= 0.3 is 17.9 Å². The highest BCUT2D eigenvalue weighted by Gasteiger charge is 2.70. The molecule has 5 aliphatic rings. The van der Waals surface area contributed by atoms with Gasteiger partial charge in [-0.25, -0.2) is 0 Å². The maximum absolute atomic E-state index is 12.9. The van der Waals surface area contributed by atoms with Crippen molar-refractivity contribution in [3.8, 4) is 0 Å². The smallest absolute Gasteiger partial charge is 0.314 e. The largest absolute Gasteiger partial charge is 0.481 e. The van der Waals surface area contributed by atoms with Crippen LogP contribution >= 0.6 is 0 Å². The molecule has 6 heteroatoms. The number of carboxylic acids is 1. The van der Waals surface area contributed by atoms with Gasteiger partial charge in [0.25, 0.3) is 0 Å². The van der Waals surface area contributed by atoms with Crippen molar-refractivity contribution in [2.24, 2.45) is 44.8 Å². The summed E-state index contributed by atoms with van der Waals surface area (Å²) in [5.41, 5.74) is 2.27. The Morgan fingerprint density at radius 3 is 2.15 bits per heavy atom. The Morgan fingerprint density at radius 2 is 1.55 bits per heavy atom. The summed E-state index contributed by atoms with van der Waals surface area (Å²) in [6.07, 6.45) is 8.25. The number of hydrogen-bond donors (Lipinski definition) is 1. The fourth-order valence-electron chi connectivity index (χ4n) is 11.1. The molecule has 0 amide bonds. The topological polar surface area (TPSA) is 89.9 Å². The Morgan fingerprint density at radius 1 is 0.900 bits per heavy atom. The number of carbonyl (C=O) groups excluding carboxylic acids is 2. The van der Waals surface area contributed by atoms with Crippen molar-refractivity contribution in [2.45, 2.75) is 126 Å². The first-order valence-corrected chi connectivity index (χ1v) is 15.5. The number of aliphatic carboxylic acids is 1. The van der Waals surface area contributed by atoms with Crippen molar-refractivity contribution < 1.29 is 29.0 Å². The van der Waals surface area contributed by atoms with E-state index < -0.39 is 23.6 Å². The Labute approximate surface area is 240 Å². The number of ether oxygens (including phenoxy) is 2. The maximum Gasteiger partial charge on any atom is 0.314 e. The molecule has 5 aliphatic carbocycles. The van der Waals surface area contributed by atoms with Gasteiger partial charge in [0.15, 0.2) is 0 Å². The minimum absolute atomic E-state index is 0.0356. The molecule has 0 aliphatic heterocycles. The quantitative estimate of drug-likeness (QED) is 0.369. The summed E-state index contributed by atoms with van der Waals surface area (Å²) in [7, 11) is 0. The molecule has 9 atom stereocenters. The number of allylic oxidation sites excluding steroid dienone is 3. The molecule has 0 aromatic rings. The zero-order chi connectivity index (χ0) is 29.6. The van der Waals surface area contributed by atoms with E-state index >= 15 is 0 Å². The molecule has 0 radical (unpaired) electrons. The summed E-state index contributed by atoms with van der Waals surface area (Å²) in [5.74, 6) is -0.317. The predicted octanol–water partition coefficient (Wildman–Crippen LogP) is 7.27. The number of rotatable bonds is 3. The lowest BCUT2D eigenvalue weighted by Gasteiger charge is -2.70. The molecule has 0 aromatic heterocycles. The van der Waals surface area contributed by atoms with Gasteiger partial charge in [0.1, 0.15) is 12.2 Å². The zero-order valence-electron chi connectivity index (χ0n) is 26.1. The molecule has 222 valence electrons. The van der Waals surface area contributed by atoms with Gasteiger partial charge in [0.05, 0.1) is 5.41 Å². The van der Waals surface area contributed by atoms with E-state index in [1.54, 1.807) is 0 Å². The molecular weight excluding hydrogens is 504 g/mol. The number of fused-ring (bicyclic) bond motifs is 7. The second-order valence-electron chi connectivity index (χ2n) is 15.3. The Kier molecular flexibility index (Phi) is 6.75. The van der Waals surface area contributed by atoms with Crippen LogP contribution in [-0.2, 0) is 23.9 Å². The SMILES string of the molecule is CC(=O)OC1CC2(C)C(CCC3(C)C2CC=C2C4=C(C)C(C)CCC4(C(=O)O)CCC23C)C(C)(C)C1OC(C)=O.